The van der Waals surface area contributed by atoms with Crippen molar-refractivity contribution < 1.29 is 9.53 Å². The Labute approximate surface area is 190 Å². The van der Waals surface area contributed by atoms with Crippen LogP contribution >= 0.6 is 0 Å². The molecule has 4 nitrogen and oxygen atoms in total. The van der Waals surface area contributed by atoms with E-state index in [2.05, 4.69) is 53.5 Å². The van der Waals surface area contributed by atoms with Gasteiger partial charge in [-0.2, -0.15) is 0 Å². The Morgan fingerprint density at radius 3 is 2.36 bits per heavy atom. The van der Waals surface area contributed by atoms with Gasteiger partial charge in [-0.3, -0.25) is 4.98 Å². The molecule has 158 valence electrons. The minimum absolute atomic E-state index is 0.349. The number of nitrogens with one attached hydrogen (secondary N) is 1. The Morgan fingerprint density at radius 1 is 0.788 bits per heavy atom. The maximum atomic E-state index is 12.2. The molecule has 4 heteroatoms. The van der Waals surface area contributed by atoms with E-state index in [1.165, 1.54) is 7.11 Å². The van der Waals surface area contributed by atoms with Gasteiger partial charge in [0, 0.05) is 39.8 Å². The smallest absolute Gasteiger partial charge is 0.337 e. The molecule has 2 heterocycles. The number of H-pyrrole nitrogens is 1. The average molecular weight is 428 g/mol. The second-order valence-corrected chi connectivity index (χ2v) is 8.04. The van der Waals surface area contributed by atoms with Crippen LogP contribution in [0.5, 0.6) is 0 Å². The lowest BCUT2D eigenvalue weighted by atomic mass is 9.90. The quantitative estimate of drug-likeness (QED) is 0.309. The number of carbonyl (C=O) groups excluding carboxylic acids is 1. The first-order valence-electron chi connectivity index (χ1n) is 10.8. The topological polar surface area (TPSA) is 55.0 Å². The van der Waals surface area contributed by atoms with Crippen molar-refractivity contribution >= 4 is 38.4 Å². The number of benzene rings is 4. The van der Waals surface area contributed by atoms with E-state index in [0.29, 0.717) is 5.56 Å². The number of fused-ring (bicyclic) bond motifs is 3. The number of rotatable bonds is 3. The third-order valence-electron chi connectivity index (χ3n) is 6.23. The highest BCUT2D eigenvalue weighted by Gasteiger charge is 2.18. The molecule has 0 bridgehead atoms. The van der Waals surface area contributed by atoms with Crippen molar-refractivity contribution in [2.75, 3.05) is 7.11 Å². The monoisotopic (exact) mass is 428 g/mol. The van der Waals surface area contributed by atoms with E-state index in [9.17, 15) is 4.79 Å². The summed E-state index contributed by atoms with van der Waals surface area (Å²) in [6.07, 6.45) is 3.87. The average Bonchev–Trinajstić information content (AvgIpc) is 3.30. The number of esters is 1. The van der Waals surface area contributed by atoms with E-state index < -0.39 is 0 Å². The van der Waals surface area contributed by atoms with E-state index in [1.54, 1.807) is 6.07 Å². The van der Waals surface area contributed by atoms with E-state index in [0.717, 1.165) is 54.8 Å². The minimum Gasteiger partial charge on any atom is -0.465 e. The second kappa shape index (κ2) is 7.61. The van der Waals surface area contributed by atoms with Gasteiger partial charge in [0.2, 0.25) is 0 Å². The van der Waals surface area contributed by atoms with Crippen molar-refractivity contribution in [3.63, 3.8) is 0 Å². The van der Waals surface area contributed by atoms with Crippen LogP contribution in [-0.2, 0) is 4.74 Å². The van der Waals surface area contributed by atoms with E-state index in [1.807, 2.05) is 42.7 Å². The van der Waals surface area contributed by atoms with Crippen molar-refractivity contribution in [3.05, 3.63) is 103 Å². The number of hydrogen-bond donors (Lipinski definition) is 1. The van der Waals surface area contributed by atoms with E-state index >= 15 is 0 Å². The summed E-state index contributed by atoms with van der Waals surface area (Å²) in [6.45, 7) is 0. The fraction of sp³-hybridized carbons (Fsp3) is 0.0345. The number of methoxy groups -OCH3 is 1. The molecule has 6 rings (SSSR count). The Morgan fingerprint density at radius 2 is 1.55 bits per heavy atom. The normalized spacial score (nSPS) is 11.3. The first-order valence-corrected chi connectivity index (χ1v) is 10.8. The zero-order valence-corrected chi connectivity index (χ0v) is 18.0. The zero-order chi connectivity index (χ0) is 22.4. The van der Waals surface area contributed by atoms with Crippen molar-refractivity contribution in [1.82, 2.24) is 9.97 Å². The fourth-order valence-electron chi connectivity index (χ4n) is 4.66. The number of aromatic nitrogens is 2. The highest BCUT2D eigenvalue weighted by molar-refractivity contribution is 6.12. The summed E-state index contributed by atoms with van der Waals surface area (Å²) in [5.41, 5.74) is 5.59. The van der Waals surface area contributed by atoms with Crippen LogP contribution in [0, 0.1) is 0 Å². The molecule has 4 aromatic carbocycles. The molecule has 0 atom stereocenters. The predicted octanol–water partition coefficient (Wildman–Crippen LogP) is 6.99. The van der Waals surface area contributed by atoms with Crippen LogP contribution in [0.15, 0.2) is 97.3 Å². The summed E-state index contributed by atoms with van der Waals surface area (Å²) in [5.74, 6) is -0.349. The minimum atomic E-state index is -0.349. The molecule has 2 aromatic heterocycles. The summed E-state index contributed by atoms with van der Waals surface area (Å²) in [4.78, 5) is 20.4. The fourth-order valence-corrected chi connectivity index (χ4v) is 4.66. The molecule has 33 heavy (non-hydrogen) atoms. The van der Waals surface area contributed by atoms with Gasteiger partial charge in [0.05, 0.1) is 18.4 Å². The molecule has 1 N–H and O–H groups in total. The van der Waals surface area contributed by atoms with Crippen LogP contribution in [-0.4, -0.2) is 23.0 Å². The second-order valence-electron chi connectivity index (χ2n) is 8.04. The van der Waals surface area contributed by atoms with Gasteiger partial charge in [0.25, 0.3) is 0 Å². The standard InChI is InChI=1S/C29H20N2O2/c1-33-29(32)20-11-13-26-24(16-20)25(17-31-26)23-12-10-18-6-2-4-8-21(18)27(23)28-22-9-5-3-7-19(22)14-15-30-28/h2-17,31H,1H3. The summed E-state index contributed by atoms with van der Waals surface area (Å²) >= 11 is 0. The van der Waals surface area contributed by atoms with Crippen LogP contribution in [0.1, 0.15) is 10.4 Å². The highest BCUT2D eigenvalue weighted by Crippen LogP contribution is 2.42. The molecule has 0 saturated carbocycles. The Kier molecular flexibility index (Phi) is 4.44. The van der Waals surface area contributed by atoms with Crippen molar-refractivity contribution in [2.24, 2.45) is 0 Å². The van der Waals surface area contributed by atoms with Gasteiger partial charge in [0.15, 0.2) is 0 Å². The van der Waals surface area contributed by atoms with Gasteiger partial charge in [-0.15, -0.1) is 0 Å². The molecule has 0 spiro atoms. The van der Waals surface area contributed by atoms with Crippen LogP contribution in [0.25, 0.3) is 54.8 Å². The van der Waals surface area contributed by atoms with Crippen LogP contribution < -0.4 is 0 Å². The van der Waals surface area contributed by atoms with Gasteiger partial charge < -0.3 is 9.72 Å². The molecule has 6 aromatic rings. The van der Waals surface area contributed by atoms with Gasteiger partial charge in [-0.25, -0.2) is 4.79 Å². The highest BCUT2D eigenvalue weighted by atomic mass is 16.5. The first kappa shape index (κ1) is 19.3. The maximum absolute atomic E-state index is 12.2. The van der Waals surface area contributed by atoms with Crippen molar-refractivity contribution in [2.45, 2.75) is 0 Å². The van der Waals surface area contributed by atoms with Crippen LogP contribution in [0.3, 0.4) is 0 Å². The van der Waals surface area contributed by atoms with Gasteiger partial charge in [0.1, 0.15) is 0 Å². The lowest BCUT2D eigenvalue weighted by Gasteiger charge is -2.15. The van der Waals surface area contributed by atoms with Crippen molar-refractivity contribution in [1.29, 1.82) is 0 Å². The number of aromatic amines is 1. The SMILES string of the molecule is COC(=O)c1ccc2[nH]cc(-c3ccc4ccccc4c3-c3nccc4ccccc34)c2c1. The third-order valence-corrected chi connectivity index (χ3v) is 6.23. The molecule has 0 fully saturated rings. The Balaban J connectivity index is 1.71. The molecule has 0 saturated heterocycles. The lowest BCUT2D eigenvalue weighted by molar-refractivity contribution is 0.0601. The predicted molar refractivity (Wildman–Crippen MR) is 133 cm³/mol. The summed E-state index contributed by atoms with van der Waals surface area (Å²) < 4.78 is 4.95. The molecule has 0 aliphatic heterocycles. The number of hydrogen-bond acceptors (Lipinski definition) is 3. The first-order chi connectivity index (χ1) is 16.2. The van der Waals surface area contributed by atoms with E-state index in [-0.39, 0.29) is 5.97 Å². The number of carbonyl (C=O) groups is 1. The summed E-state index contributed by atoms with van der Waals surface area (Å²) in [5, 5.41) is 5.51. The summed E-state index contributed by atoms with van der Waals surface area (Å²) in [6, 6.07) is 28.6. The molecule has 0 aliphatic carbocycles. The molecular formula is C29H20N2O2. The maximum Gasteiger partial charge on any atom is 0.337 e. The third kappa shape index (κ3) is 3.07. The number of ether oxygens (including phenoxy) is 1. The molecule has 0 radical (unpaired) electrons. The molecule has 0 aliphatic rings. The van der Waals surface area contributed by atoms with Crippen LogP contribution in [0.2, 0.25) is 0 Å². The molecule has 0 amide bonds. The van der Waals surface area contributed by atoms with Gasteiger partial charge in [-0.05, 0) is 46.0 Å². The summed E-state index contributed by atoms with van der Waals surface area (Å²) in [7, 11) is 1.40. The van der Waals surface area contributed by atoms with E-state index in [4.69, 9.17) is 9.72 Å². The Bertz CT molecular complexity index is 1680. The van der Waals surface area contributed by atoms with Crippen molar-refractivity contribution in [3.8, 4) is 22.4 Å². The largest absolute Gasteiger partial charge is 0.465 e. The lowest BCUT2D eigenvalue weighted by Crippen LogP contribution is -2.00. The molecular weight excluding hydrogens is 408 g/mol. The molecule has 0 unspecified atom stereocenters. The van der Waals surface area contributed by atoms with Gasteiger partial charge in [-0.1, -0.05) is 60.7 Å². The van der Waals surface area contributed by atoms with Crippen LogP contribution in [0.4, 0.5) is 0 Å². The zero-order valence-electron chi connectivity index (χ0n) is 18.0. The van der Waals surface area contributed by atoms with Gasteiger partial charge >= 0.3 is 5.97 Å². The number of pyridine rings is 1. The number of nitrogens with zero attached hydrogens (tertiary/aromatic N) is 1. The Hall–Kier alpha value is -4.44.